The van der Waals surface area contributed by atoms with Crippen LogP contribution in [0.2, 0.25) is 0 Å². The molecule has 0 amide bonds. The second kappa shape index (κ2) is 8.98. The number of nitrogens with one attached hydrogen (secondary N) is 1. The van der Waals surface area contributed by atoms with Gasteiger partial charge < -0.3 is 25.0 Å². The molecule has 1 aromatic rings. The standard InChI is InChI=1S/C17H29NO4/c1-17(2,3)15-10-14(21-4)6-7-16(15)22-12-13(20)11-18-8-5-9-19/h6-7,10,13,18-20H,5,8-9,11-12H2,1-4H3/t13-/m0/s1. The van der Waals surface area contributed by atoms with Gasteiger partial charge in [-0.3, -0.25) is 0 Å². The Balaban J connectivity index is 2.61. The molecule has 1 atom stereocenters. The highest BCUT2D eigenvalue weighted by Crippen LogP contribution is 2.34. The molecular weight excluding hydrogens is 282 g/mol. The Morgan fingerprint density at radius 1 is 1.27 bits per heavy atom. The molecule has 1 rings (SSSR count). The van der Waals surface area contributed by atoms with Crippen molar-refractivity contribution in [3.05, 3.63) is 23.8 Å². The minimum atomic E-state index is -0.589. The van der Waals surface area contributed by atoms with Crippen LogP contribution in [-0.2, 0) is 5.41 Å². The maximum absolute atomic E-state index is 9.93. The second-order valence-corrected chi connectivity index (χ2v) is 6.36. The summed E-state index contributed by atoms with van der Waals surface area (Å²) in [6, 6.07) is 5.71. The molecule has 0 spiro atoms. The lowest BCUT2D eigenvalue weighted by atomic mass is 9.86. The van der Waals surface area contributed by atoms with Gasteiger partial charge in [-0.2, -0.15) is 0 Å². The molecule has 0 unspecified atom stereocenters. The molecule has 0 aliphatic heterocycles. The molecule has 1 aromatic carbocycles. The van der Waals surface area contributed by atoms with Crippen LogP contribution in [0, 0.1) is 0 Å². The average Bonchev–Trinajstić information content (AvgIpc) is 2.48. The number of aliphatic hydroxyl groups is 2. The lowest BCUT2D eigenvalue weighted by molar-refractivity contribution is 0.105. The normalized spacial score (nSPS) is 13.0. The predicted molar refractivity (Wildman–Crippen MR) is 87.8 cm³/mol. The Hall–Kier alpha value is -1.30. The summed E-state index contributed by atoms with van der Waals surface area (Å²) >= 11 is 0. The molecule has 0 fully saturated rings. The lowest BCUT2D eigenvalue weighted by Crippen LogP contribution is -2.32. The zero-order valence-electron chi connectivity index (χ0n) is 14.1. The fraction of sp³-hybridized carbons (Fsp3) is 0.647. The van der Waals surface area contributed by atoms with Crippen LogP contribution in [0.15, 0.2) is 18.2 Å². The molecule has 22 heavy (non-hydrogen) atoms. The van der Waals surface area contributed by atoms with Gasteiger partial charge in [0.1, 0.15) is 24.2 Å². The van der Waals surface area contributed by atoms with Gasteiger partial charge in [-0.25, -0.2) is 0 Å². The Bertz CT molecular complexity index is 443. The Morgan fingerprint density at radius 3 is 2.59 bits per heavy atom. The summed E-state index contributed by atoms with van der Waals surface area (Å²) in [7, 11) is 1.64. The minimum Gasteiger partial charge on any atom is -0.497 e. The van der Waals surface area contributed by atoms with Gasteiger partial charge in [0.25, 0.3) is 0 Å². The van der Waals surface area contributed by atoms with E-state index in [1.165, 1.54) is 0 Å². The topological polar surface area (TPSA) is 71.0 Å². The van der Waals surface area contributed by atoms with Gasteiger partial charge in [0.2, 0.25) is 0 Å². The van der Waals surface area contributed by atoms with Crippen LogP contribution in [0.1, 0.15) is 32.8 Å². The fourth-order valence-corrected chi connectivity index (χ4v) is 2.07. The molecule has 0 heterocycles. The molecule has 0 saturated heterocycles. The highest BCUT2D eigenvalue weighted by Gasteiger charge is 2.20. The van der Waals surface area contributed by atoms with E-state index in [2.05, 4.69) is 26.1 Å². The van der Waals surface area contributed by atoms with Crippen molar-refractivity contribution < 1.29 is 19.7 Å². The average molecular weight is 311 g/mol. The van der Waals surface area contributed by atoms with E-state index in [4.69, 9.17) is 14.6 Å². The van der Waals surface area contributed by atoms with Crippen LogP contribution in [0.5, 0.6) is 11.5 Å². The Morgan fingerprint density at radius 2 is 2.00 bits per heavy atom. The number of aliphatic hydroxyl groups excluding tert-OH is 2. The number of methoxy groups -OCH3 is 1. The van der Waals surface area contributed by atoms with Gasteiger partial charge in [-0.1, -0.05) is 20.8 Å². The van der Waals surface area contributed by atoms with Crippen molar-refractivity contribution >= 4 is 0 Å². The highest BCUT2D eigenvalue weighted by molar-refractivity contribution is 5.44. The van der Waals surface area contributed by atoms with Crippen LogP contribution in [-0.4, -0.2) is 49.7 Å². The van der Waals surface area contributed by atoms with E-state index in [0.717, 1.165) is 17.1 Å². The van der Waals surface area contributed by atoms with Gasteiger partial charge in [0.05, 0.1) is 7.11 Å². The van der Waals surface area contributed by atoms with E-state index in [0.29, 0.717) is 19.5 Å². The quantitative estimate of drug-likeness (QED) is 0.606. The van der Waals surface area contributed by atoms with Crippen molar-refractivity contribution in [1.29, 1.82) is 0 Å². The molecular formula is C17H29NO4. The van der Waals surface area contributed by atoms with Crippen LogP contribution >= 0.6 is 0 Å². The maximum atomic E-state index is 9.93. The predicted octanol–water partition coefficient (Wildman–Crippen LogP) is 1.70. The van der Waals surface area contributed by atoms with Crippen LogP contribution in [0.25, 0.3) is 0 Å². The van der Waals surface area contributed by atoms with Crippen molar-refractivity contribution in [3.63, 3.8) is 0 Å². The summed E-state index contributed by atoms with van der Waals surface area (Å²) < 4.78 is 11.1. The largest absolute Gasteiger partial charge is 0.497 e. The van der Waals surface area contributed by atoms with E-state index in [-0.39, 0.29) is 18.6 Å². The van der Waals surface area contributed by atoms with E-state index >= 15 is 0 Å². The first-order chi connectivity index (χ1) is 10.4. The summed E-state index contributed by atoms with van der Waals surface area (Å²) in [6.07, 6.45) is 0.0915. The lowest BCUT2D eigenvalue weighted by Gasteiger charge is -2.24. The number of hydrogen-bond acceptors (Lipinski definition) is 5. The SMILES string of the molecule is COc1ccc(OC[C@@H](O)CNCCCO)c(C(C)(C)C)c1. The van der Waals surface area contributed by atoms with Gasteiger partial charge in [-0.15, -0.1) is 0 Å². The third-order valence-corrected chi connectivity index (χ3v) is 3.32. The molecule has 0 saturated carbocycles. The fourth-order valence-electron chi connectivity index (χ4n) is 2.07. The Labute approximate surface area is 133 Å². The molecule has 0 aliphatic rings. The summed E-state index contributed by atoms with van der Waals surface area (Å²) in [5.41, 5.74) is 0.973. The van der Waals surface area contributed by atoms with Crippen molar-refractivity contribution in [2.45, 2.75) is 38.7 Å². The number of ether oxygens (including phenoxy) is 2. The molecule has 5 heteroatoms. The van der Waals surface area contributed by atoms with Crippen molar-refractivity contribution in [2.75, 3.05) is 33.4 Å². The van der Waals surface area contributed by atoms with E-state index in [1.54, 1.807) is 7.11 Å². The first kappa shape index (κ1) is 18.7. The molecule has 3 N–H and O–H groups in total. The van der Waals surface area contributed by atoms with Gasteiger partial charge in [-0.05, 0) is 36.6 Å². The van der Waals surface area contributed by atoms with Crippen molar-refractivity contribution in [2.24, 2.45) is 0 Å². The van der Waals surface area contributed by atoms with Gasteiger partial charge >= 0.3 is 0 Å². The van der Waals surface area contributed by atoms with E-state index < -0.39 is 6.10 Å². The molecule has 126 valence electrons. The zero-order valence-corrected chi connectivity index (χ0v) is 14.1. The highest BCUT2D eigenvalue weighted by atomic mass is 16.5. The van der Waals surface area contributed by atoms with E-state index in [1.807, 2.05) is 18.2 Å². The number of benzene rings is 1. The summed E-state index contributed by atoms with van der Waals surface area (Å²) in [6.45, 7) is 7.84. The van der Waals surface area contributed by atoms with Crippen LogP contribution in [0.4, 0.5) is 0 Å². The smallest absolute Gasteiger partial charge is 0.123 e. The summed E-state index contributed by atoms with van der Waals surface area (Å²) in [4.78, 5) is 0. The monoisotopic (exact) mass is 311 g/mol. The van der Waals surface area contributed by atoms with Crippen LogP contribution < -0.4 is 14.8 Å². The van der Waals surface area contributed by atoms with Gasteiger partial charge in [0, 0.05) is 18.7 Å². The third kappa shape index (κ3) is 6.22. The summed E-state index contributed by atoms with van der Waals surface area (Å²) in [5.74, 6) is 1.56. The minimum absolute atomic E-state index is 0.0752. The summed E-state index contributed by atoms with van der Waals surface area (Å²) in [5, 5.41) is 21.7. The molecule has 5 nitrogen and oxygen atoms in total. The number of rotatable bonds is 9. The molecule has 0 bridgehead atoms. The second-order valence-electron chi connectivity index (χ2n) is 6.36. The zero-order chi connectivity index (χ0) is 16.6. The van der Waals surface area contributed by atoms with Crippen LogP contribution in [0.3, 0.4) is 0 Å². The third-order valence-electron chi connectivity index (χ3n) is 3.32. The first-order valence-electron chi connectivity index (χ1n) is 7.69. The van der Waals surface area contributed by atoms with Gasteiger partial charge in [0.15, 0.2) is 0 Å². The molecule has 0 aliphatic carbocycles. The first-order valence-corrected chi connectivity index (χ1v) is 7.69. The maximum Gasteiger partial charge on any atom is 0.123 e. The number of hydrogen-bond donors (Lipinski definition) is 3. The van der Waals surface area contributed by atoms with E-state index in [9.17, 15) is 5.11 Å². The van der Waals surface area contributed by atoms with Crippen molar-refractivity contribution in [1.82, 2.24) is 5.32 Å². The Kier molecular flexibility index (Phi) is 7.65. The molecule has 0 aromatic heterocycles. The van der Waals surface area contributed by atoms with Crippen molar-refractivity contribution in [3.8, 4) is 11.5 Å². The molecule has 0 radical (unpaired) electrons.